The molecule has 0 N–H and O–H groups in total. The minimum atomic E-state index is 0.456. The number of hydrogen-bond acceptors (Lipinski definition) is 6. The zero-order valence-corrected chi connectivity index (χ0v) is 13.7. The lowest BCUT2D eigenvalue weighted by Crippen LogP contribution is -1.97. The fourth-order valence-corrected chi connectivity index (χ4v) is 3.16. The highest BCUT2D eigenvalue weighted by atomic mass is 32.2. The maximum absolute atomic E-state index is 5.28. The summed E-state index contributed by atoms with van der Waals surface area (Å²) in [5, 5.41) is 4.81. The molecule has 0 aliphatic rings. The third kappa shape index (κ3) is 2.85. The SMILES string of the molecule is Cc1ccccc1-n1ccnc1SCc1nc(-c2ccco2)no1. The van der Waals surface area contributed by atoms with E-state index in [-0.39, 0.29) is 0 Å². The number of nitrogens with zero attached hydrogens (tertiary/aromatic N) is 4. The van der Waals surface area contributed by atoms with Crippen LogP contribution in [-0.2, 0) is 5.75 Å². The van der Waals surface area contributed by atoms with Gasteiger partial charge in [-0.1, -0.05) is 35.1 Å². The summed E-state index contributed by atoms with van der Waals surface area (Å²) in [6.07, 6.45) is 5.32. The van der Waals surface area contributed by atoms with E-state index in [1.165, 1.54) is 5.56 Å². The number of benzene rings is 1. The van der Waals surface area contributed by atoms with Crippen molar-refractivity contribution < 1.29 is 8.94 Å². The average Bonchev–Trinajstić information content (AvgIpc) is 3.34. The molecule has 0 spiro atoms. The van der Waals surface area contributed by atoms with Crippen molar-refractivity contribution in [3.63, 3.8) is 0 Å². The average molecular weight is 338 g/mol. The predicted molar refractivity (Wildman–Crippen MR) is 89.9 cm³/mol. The van der Waals surface area contributed by atoms with E-state index in [4.69, 9.17) is 8.94 Å². The van der Waals surface area contributed by atoms with Crippen LogP contribution in [0.1, 0.15) is 11.5 Å². The summed E-state index contributed by atoms with van der Waals surface area (Å²) in [6.45, 7) is 2.08. The number of furan rings is 1. The number of para-hydroxylation sites is 1. The molecule has 24 heavy (non-hydrogen) atoms. The first-order valence-electron chi connectivity index (χ1n) is 7.40. The number of aromatic nitrogens is 4. The third-order valence-electron chi connectivity index (χ3n) is 3.52. The standard InChI is InChI=1S/C17H14N4O2S/c1-12-5-2-3-6-13(12)21-9-8-18-17(21)24-11-15-19-16(20-23-15)14-7-4-10-22-14/h2-10H,11H2,1H3. The van der Waals surface area contributed by atoms with Gasteiger partial charge in [0.25, 0.3) is 0 Å². The molecule has 0 fully saturated rings. The first kappa shape index (κ1) is 14.8. The van der Waals surface area contributed by atoms with Crippen molar-refractivity contribution >= 4 is 11.8 Å². The van der Waals surface area contributed by atoms with E-state index in [0.29, 0.717) is 23.2 Å². The molecule has 6 nitrogen and oxygen atoms in total. The predicted octanol–water partition coefficient (Wildman–Crippen LogP) is 4.12. The Morgan fingerprint density at radius 2 is 2.08 bits per heavy atom. The molecule has 4 rings (SSSR count). The Hall–Kier alpha value is -2.80. The largest absolute Gasteiger partial charge is 0.461 e. The van der Waals surface area contributed by atoms with Gasteiger partial charge in [-0.15, -0.1) is 0 Å². The van der Waals surface area contributed by atoms with Crippen LogP contribution in [0.5, 0.6) is 0 Å². The normalized spacial score (nSPS) is 11.0. The van der Waals surface area contributed by atoms with Crippen molar-refractivity contribution in [1.82, 2.24) is 19.7 Å². The molecule has 0 bridgehead atoms. The molecular formula is C17H14N4O2S. The van der Waals surface area contributed by atoms with E-state index in [1.54, 1.807) is 36.4 Å². The van der Waals surface area contributed by atoms with Gasteiger partial charge in [0.1, 0.15) is 0 Å². The van der Waals surface area contributed by atoms with Crippen LogP contribution in [0, 0.1) is 6.92 Å². The van der Waals surface area contributed by atoms with Gasteiger partial charge < -0.3 is 8.94 Å². The van der Waals surface area contributed by atoms with Gasteiger partial charge in [0.05, 0.1) is 17.7 Å². The molecule has 120 valence electrons. The van der Waals surface area contributed by atoms with Crippen molar-refractivity contribution in [2.75, 3.05) is 0 Å². The van der Waals surface area contributed by atoms with Crippen molar-refractivity contribution in [3.05, 3.63) is 66.5 Å². The van der Waals surface area contributed by atoms with Gasteiger partial charge in [-0.25, -0.2) is 4.98 Å². The Kier molecular flexibility index (Phi) is 3.92. The van der Waals surface area contributed by atoms with Crippen molar-refractivity contribution in [2.45, 2.75) is 17.8 Å². The van der Waals surface area contributed by atoms with Crippen molar-refractivity contribution in [3.8, 4) is 17.3 Å². The summed E-state index contributed by atoms with van der Waals surface area (Å²) in [4.78, 5) is 8.77. The molecule has 7 heteroatoms. The maximum atomic E-state index is 5.28. The lowest BCUT2D eigenvalue weighted by Gasteiger charge is -2.09. The number of aryl methyl sites for hydroxylation is 1. The molecule has 0 atom stereocenters. The van der Waals surface area contributed by atoms with E-state index in [1.807, 2.05) is 18.3 Å². The van der Waals surface area contributed by atoms with Gasteiger partial charge >= 0.3 is 0 Å². The number of rotatable bonds is 5. The molecule has 0 aliphatic heterocycles. The van der Waals surface area contributed by atoms with Crippen LogP contribution in [0.4, 0.5) is 0 Å². The van der Waals surface area contributed by atoms with Crippen LogP contribution in [0.15, 0.2) is 69.2 Å². The highest BCUT2D eigenvalue weighted by Gasteiger charge is 2.13. The quantitative estimate of drug-likeness (QED) is 0.510. The van der Waals surface area contributed by atoms with Crippen LogP contribution >= 0.6 is 11.8 Å². The minimum absolute atomic E-state index is 0.456. The number of thioether (sulfide) groups is 1. The van der Waals surface area contributed by atoms with E-state index in [9.17, 15) is 0 Å². The monoisotopic (exact) mass is 338 g/mol. The van der Waals surface area contributed by atoms with Crippen LogP contribution in [0.25, 0.3) is 17.3 Å². The van der Waals surface area contributed by atoms with Gasteiger partial charge in [-0.3, -0.25) is 4.57 Å². The topological polar surface area (TPSA) is 69.9 Å². The first-order chi connectivity index (χ1) is 11.8. The zero-order chi connectivity index (χ0) is 16.4. The smallest absolute Gasteiger partial charge is 0.238 e. The van der Waals surface area contributed by atoms with Crippen LogP contribution in [0.3, 0.4) is 0 Å². The van der Waals surface area contributed by atoms with Crippen molar-refractivity contribution in [1.29, 1.82) is 0 Å². The summed E-state index contributed by atoms with van der Waals surface area (Å²) in [6, 6.07) is 11.8. The molecular weight excluding hydrogens is 324 g/mol. The van der Waals surface area contributed by atoms with E-state index in [0.717, 1.165) is 10.8 Å². The fraction of sp³-hybridized carbons (Fsp3) is 0.118. The van der Waals surface area contributed by atoms with E-state index >= 15 is 0 Å². The van der Waals surface area contributed by atoms with Gasteiger partial charge in [0.2, 0.25) is 11.7 Å². The van der Waals surface area contributed by atoms with Crippen LogP contribution in [0.2, 0.25) is 0 Å². The molecule has 0 aliphatic carbocycles. The molecule has 0 unspecified atom stereocenters. The Balaban J connectivity index is 1.52. The maximum Gasteiger partial charge on any atom is 0.238 e. The van der Waals surface area contributed by atoms with Crippen LogP contribution in [-0.4, -0.2) is 19.7 Å². The summed E-state index contributed by atoms with van der Waals surface area (Å²) < 4.78 is 12.6. The molecule has 4 aromatic rings. The summed E-state index contributed by atoms with van der Waals surface area (Å²) >= 11 is 1.55. The first-order valence-corrected chi connectivity index (χ1v) is 8.38. The van der Waals surface area contributed by atoms with Crippen molar-refractivity contribution in [2.24, 2.45) is 0 Å². The van der Waals surface area contributed by atoms with Gasteiger partial charge in [0, 0.05) is 12.4 Å². The Labute approximate surface area is 142 Å². The second-order valence-corrected chi connectivity index (χ2v) is 6.09. The summed E-state index contributed by atoms with van der Waals surface area (Å²) in [5.74, 6) is 2.12. The van der Waals surface area contributed by atoms with E-state index in [2.05, 4.69) is 38.7 Å². The third-order valence-corrected chi connectivity index (χ3v) is 4.47. The second kappa shape index (κ2) is 6.37. The molecule has 0 radical (unpaired) electrons. The Morgan fingerprint density at radius 3 is 2.92 bits per heavy atom. The molecule has 0 saturated carbocycles. The Bertz CT molecular complexity index is 943. The second-order valence-electron chi connectivity index (χ2n) is 5.14. The molecule has 0 amide bonds. The molecule has 0 saturated heterocycles. The minimum Gasteiger partial charge on any atom is -0.461 e. The fourth-order valence-electron chi connectivity index (χ4n) is 2.36. The van der Waals surface area contributed by atoms with Gasteiger partial charge in [-0.2, -0.15) is 4.98 Å². The Morgan fingerprint density at radius 1 is 1.17 bits per heavy atom. The van der Waals surface area contributed by atoms with Gasteiger partial charge in [-0.05, 0) is 30.7 Å². The molecule has 3 heterocycles. The summed E-state index contributed by atoms with van der Waals surface area (Å²) in [7, 11) is 0. The van der Waals surface area contributed by atoms with E-state index < -0.39 is 0 Å². The molecule has 1 aromatic carbocycles. The number of imidazole rings is 1. The highest BCUT2D eigenvalue weighted by Crippen LogP contribution is 2.26. The lowest BCUT2D eigenvalue weighted by molar-refractivity contribution is 0.390. The zero-order valence-electron chi connectivity index (χ0n) is 12.9. The lowest BCUT2D eigenvalue weighted by atomic mass is 10.2. The van der Waals surface area contributed by atoms with Crippen LogP contribution < -0.4 is 0 Å². The number of hydrogen-bond donors (Lipinski definition) is 0. The summed E-state index contributed by atoms with van der Waals surface area (Å²) in [5.41, 5.74) is 2.30. The molecule has 3 aromatic heterocycles. The highest BCUT2D eigenvalue weighted by molar-refractivity contribution is 7.98. The van der Waals surface area contributed by atoms with Gasteiger partial charge in [0.15, 0.2) is 10.9 Å².